The van der Waals surface area contributed by atoms with E-state index in [4.69, 9.17) is 0 Å². The Morgan fingerprint density at radius 2 is 2.35 bits per heavy atom. The van der Waals surface area contributed by atoms with Gasteiger partial charge in [0, 0.05) is 32.2 Å². The highest BCUT2D eigenvalue weighted by Gasteiger charge is 2.11. The predicted octanol–water partition coefficient (Wildman–Crippen LogP) is 1.70. The molecule has 0 aliphatic carbocycles. The molecule has 0 aromatic carbocycles. The zero-order chi connectivity index (χ0) is 12.4. The molecular weight excluding hydrogens is 284 g/mol. The van der Waals surface area contributed by atoms with Crippen molar-refractivity contribution in [2.24, 2.45) is 0 Å². The lowest BCUT2D eigenvalue weighted by atomic mass is 10.3. The van der Waals surface area contributed by atoms with Gasteiger partial charge < -0.3 is 14.4 Å². The molecule has 2 aromatic heterocycles. The third kappa shape index (κ3) is 2.76. The number of anilines is 1. The maximum atomic E-state index is 9.30. The molecule has 5 nitrogen and oxygen atoms in total. The average molecular weight is 299 g/mol. The number of hydrogen-bond donors (Lipinski definition) is 1. The van der Waals surface area contributed by atoms with Crippen molar-refractivity contribution in [2.75, 3.05) is 18.5 Å². The molecule has 2 aromatic rings. The van der Waals surface area contributed by atoms with Crippen LogP contribution in [0.25, 0.3) is 5.65 Å². The van der Waals surface area contributed by atoms with E-state index in [2.05, 4.69) is 25.9 Å². The van der Waals surface area contributed by atoms with Gasteiger partial charge in [0.1, 0.15) is 4.60 Å². The Labute approximate surface area is 108 Å². The highest BCUT2D eigenvalue weighted by Crippen LogP contribution is 2.20. The third-order valence-corrected chi connectivity index (χ3v) is 2.95. The molecule has 2 rings (SSSR count). The van der Waals surface area contributed by atoms with E-state index in [-0.39, 0.29) is 6.10 Å². The van der Waals surface area contributed by atoms with Crippen molar-refractivity contribution in [3.05, 3.63) is 23.2 Å². The minimum absolute atomic E-state index is 0.305. The highest BCUT2D eigenvalue weighted by atomic mass is 79.9. The average Bonchev–Trinajstić information content (AvgIpc) is 2.72. The molecule has 17 heavy (non-hydrogen) atoms. The molecule has 6 heteroatoms. The van der Waals surface area contributed by atoms with Gasteiger partial charge in [-0.25, -0.2) is 9.97 Å². The molecule has 92 valence electrons. The summed E-state index contributed by atoms with van der Waals surface area (Å²) in [6.07, 6.45) is 5.90. The number of aliphatic hydroxyl groups is 1. The van der Waals surface area contributed by atoms with Crippen LogP contribution in [0, 0.1) is 0 Å². The molecule has 1 unspecified atom stereocenters. The predicted molar refractivity (Wildman–Crippen MR) is 70.3 cm³/mol. The molecule has 1 N–H and O–H groups in total. The maximum absolute atomic E-state index is 9.30. The summed E-state index contributed by atoms with van der Waals surface area (Å²) < 4.78 is 2.69. The largest absolute Gasteiger partial charge is 0.393 e. The van der Waals surface area contributed by atoms with Crippen LogP contribution in [0.4, 0.5) is 5.82 Å². The van der Waals surface area contributed by atoms with E-state index >= 15 is 0 Å². The fourth-order valence-corrected chi connectivity index (χ4v) is 2.02. The Balaban J connectivity index is 2.30. The van der Waals surface area contributed by atoms with E-state index < -0.39 is 0 Å². The molecule has 0 fully saturated rings. The van der Waals surface area contributed by atoms with E-state index in [1.807, 2.05) is 28.7 Å². The number of imidazole rings is 1. The van der Waals surface area contributed by atoms with Crippen LogP contribution < -0.4 is 4.90 Å². The molecule has 0 bridgehead atoms. The van der Waals surface area contributed by atoms with Gasteiger partial charge in [0.25, 0.3) is 0 Å². The van der Waals surface area contributed by atoms with Crippen LogP contribution in [0.1, 0.15) is 13.3 Å². The van der Waals surface area contributed by atoms with Gasteiger partial charge in [0.15, 0.2) is 11.5 Å². The topological polar surface area (TPSA) is 53.7 Å². The number of hydrogen-bond acceptors (Lipinski definition) is 4. The van der Waals surface area contributed by atoms with Crippen molar-refractivity contribution in [2.45, 2.75) is 19.4 Å². The SMILES string of the molecule is CC(O)CCN(C)c1nc(Br)cn2ccnc12. The van der Waals surface area contributed by atoms with E-state index in [1.165, 1.54) is 0 Å². The van der Waals surface area contributed by atoms with Gasteiger partial charge in [-0.05, 0) is 29.3 Å². The molecule has 0 saturated heterocycles. The monoisotopic (exact) mass is 298 g/mol. The van der Waals surface area contributed by atoms with Gasteiger partial charge in [-0.2, -0.15) is 0 Å². The Hall–Kier alpha value is -1.14. The number of aliphatic hydroxyl groups excluding tert-OH is 1. The number of halogens is 1. The van der Waals surface area contributed by atoms with Crippen LogP contribution in [-0.4, -0.2) is 39.2 Å². The zero-order valence-corrected chi connectivity index (χ0v) is 11.4. The number of aromatic nitrogens is 3. The quantitative estimate of drug-likeness (QED) is 0.933. The van der Waals surface area contributed by atoms with Crippen LogP contribution in [-0.2, 0) is 0 Å². The summed E-state index contributed by atoms with van der Waals surface area (Å²) in [5, 5.41) is 9.30. The Bertz CT molecular complexity index is 511. The molecule has 0 spiro atoms. The number of nitrogens with zero attached hydrogens (tertiary/aromatic N) is 4. The second kappa shape index (κ2) is 5.01. The normalized spacial score (nSPS) is 12.9. The second-order valence-electron chi connectivity index (χ2n) is 4.10. The molecular formula is C11H15BrN4O. The van der Waals surface area contributed by atoms with E-state index in [1.54, 1.807) is 13.1 Å². The summed E-state index contributed by atoms with van der Waals surface area (Å²) in [6.45, 7) is 2.52. The van der Waals surface area contributed by atoms with Gasteiger partial charge in [0.05, 0.1) is 6.10 Å². The maximum Gasteiger partial charge on any atom is 0.180 e. The van der Waals surface area contributed by atoms with Gasteiger partial charge in [0.2, 0.25) is 0 Å². The van der Waals surface area contributed by atoms with E-state index in [0.29, 0.717) is 6.42 Å². The second-order valence-corrected chi connectivity index (χ2v) is 4.92. The van der Waals surface area contributed by atoms with Crippen LogP contribution >= 0.6 is 15.9 Å². The van der Waals surface area contributed by atoms with Crippen molar-refractivity contribution < 1.29 is 5.11 Å². The van der Waals surface area contributed by atoms with E-state index in [9.17, 15) is 5.11 Å². The molecule has 2 heterocycles. The van der Waals surface area contributed by atoms with E-state index in [0.717, 1.165) is 22.6 Å². The first-order chi connectivity index (χ1) is 8.08. The standard InChI is InChI=1S/C11H15BrN4O/c1-8(17)3-5-15(2)11-10-13-4-6-16(10)7-9(12)14-11/h4,6-8,17H,3,5H2,1-2H3. The lowest BCUT2D eigenvalue weighted by molar-refractivity contribution is 0.187. The summed E-state index contributed by atoms with van der Waals surface area (Å²) >= 11 is 3.38. The first-order valence-electron chi connectivity index (χ1n) is 5.46. The number of fused-ring (bicyclic) bond motifs is 1. The van der Waals surface area contributed by atoms with Gasteiger partial charge in [-0.3, -0.25) is 0 Å². The van der Waals surface area contributed by atoms with Crippen LogP contribution in [0.2, 0.25) is 0 Å². The summed E-state index contributed by atoms with van der Waals surface area (Å²) in [4.78, 5) is 10.7. The van der Waals surface area contributed by atoms with Gasteiger partial charge in [-0.1, -0.05) is 0 Å². The van der Waals surface area contributed by atoms with Crippen LogP contribution in [0.15, 0.2) is 23.2 Å². The molecule has 0 aliphatic rings. The molecule has 0 aliphatic heterocycles. The first kappa shape index (κ1) is 12.3. The fourth-order valence-electron chi connectivity index (χ4n) is 1.63. The molecule has 0 radical (unpaired) electrons. The minimum Gasteiger partial charge on any atom is -0.393 e. The summed E-state index contributed by atoms with van der Waals surface area (Å²) in [5.74, 6) is 0.810. The van der Waals surface area contributed by atoms with Crippen LogP contribution in [0.5, 0.6) is 0 Å². The Kier molecular flexibility index (Phi) is 3.63. The minimum atomic E-state index is -0.305. The Morgan fingerprint density at radius 3 is 3.06 bits per heavy atom. The lowest BCUT2D eigenvalue weighted by Crippen LogP contribution is -2.23. The van der Waals surface area contributed by atoms with Gasteiger partial charge >= 0.3 is 0 Å². The molecule has 1 atom stereocenters. The smallest absolute Gasteiger partial charge is 0.180 e. The summed E-state index contributed by atoms with van der Waals surface area (Å²) in [6, 6.07) is 0. The van der Waals surface area contributed by atoms with Gasteiger partial charge in [-0.15, -0.1) is 0 Å². The zero-order valence-electron chi connectivity index (χ0n) is 9.84. The highest BCUT2D eigenvalue weighted by molar-refractivity contribution is 9.10. The Morgan fingerprint density at radius 1 is 1.59 bits per heavy atom. The lowest BCUT2D eigenvalue weighted by Gasteiger charge is -2.19. The van der Waals surface area contributed by atoms with Crippen LogP contribution in [0.3, 0.4) is 0 Å². The summed E-state index contributed by atoms with van der Waals surface area (Å²) in [5.41, 5.74) is 0.821. The molecule has 0 amide bonds. The summed E-state index contributed by atoms with van der Waals surface area (Å²) in [7, 11) is 1.95. The first-order valence-corrected chi connectivity index (χ1v) is 6.25. The van der Waals surface area contributed by atoms with Crippen molar-refractivity contribution in [3.63, 3.8) is 0 Å². The van der Waals surface area contributed by atoms with Crippen molar-refractivity contribution in [3.8, 4) is 0 Å². The molecule has 0 saturated carbocycles. The van der Waals surface area contributed by atoms with Crippen molar-refractivity contribution in [1.82, 2.24) is 14.4 Å². The third-order valence-electron chi connectivity index (χ3n) is 2.57. The van der Waals surface area contributed by atoms with Crippen molar-refractivity contribution in [1.29, 1.82) is 0 Å². The van der Waals surface area contributed by atoms with Crippen molar-refractivity contribution >= 4 is 27.4 Å². The number of rotatable bonds is 4. The fraction of sp³-hybridized carbons (Fsp3) is 0.455.